The van der Waals surface area contributed by atoms with Crippen LogP contribution >= 0.6 is 11.3 Å². The first-order chi connectivity index (χ1) is 9.25. The molecule has 1 amide bonds. The van der Waals surface area contributed by atoms with Crippen molar-refractivity contribution in [2.24, 2.45) is 0 Å². The minimum Gasteiger partial charge on any atom is -0.390 e. The molecule has 2 aromatic rings. The number of anilines is 2. The number of ether oxygens (including phenoxy) is 1. The number of nitrogens with two attached hydrogens (primary N) is 1. The number of fused-ring (bicyclic) bond motifs is 1. The van der Waals surface area contributed by atoms with Crippen molar-refractivity contribution in [1.82, 2.24) is 0 Å². The Bertz CT molecular complexity index is 607. The Morgan fingerprint density at radius 1 is 1.32 bits per heavy atom. The molecule has 1 aromatic carbocycles. The standard InChI is InChI=1S/C14H14N2O2S/c15-13-12(10-6-7-18-8-11(10)19-13)14(17)16-9-4-2-1-3-5-9/h1-5H,6-8,15H2,(H,16,17). The van der Waals surface area contributed by atoms with Crippen LogP contribution in [0.25, 0.3) is 0 Å². The van der Waals surface area contributed by atoms with Gasteiger partial charge in [-0.1, -0.05) is 18.2 Å². The molecule has 0 fully saturated rings. The van der Waals surface area contributed by atoms with Crippen molar-refractivity contribution >= 4 is 27.9 Å². The monoisotopic (exact) mass is 274 g/mol. The van der Waals surface area contributed by atoms with Crippen LogP contribution in [0, 0.1) is 0 Å². The van der Waals surface area contributed by atoms with Crippen molar-refractivity contribution in [2.75, 3.05) is 17.7 Å². The molecule has 0 saturated heterocycles. The average molecular weight is 274 g/mol. The van der Waals surface area contributed by atoms with E-state index in [0.717, 1.165) is 22.5 Å². The second-order valence-electron chi connectivity index (χ2n) is 4.37. The van der Waals surface area contributed by atoms with Gasteiger partial charge in [0.25, 0.3) is 5.91 Å². The first-order valence-electron chi connectivity index (χ1n) is 6.10. The van der Waals surface area contributed by atoms with Crippen LogP contribution in [0.2, 0.25) is 0 Å². The molecule has 0 bridgehead atoms. The SMILES string of the molecule is Nc1sc2c(c1C(=O)Nc1ccccc1)CCOC2. The third-order valence-corrected chi connectivity index (χ3v) is 4.14. The number of hydrogen-bond donors (Lipinski definition) is 2. The summed E-state index contributed by atoms with van der Waals surface area (Å²) in [7, 11) is 0. The highest BCUT2D eigenvalue weighted by Gasteiger charge is 2.24. The lowest BCUT2D eigenvalue weighted by molar-refractivity contribution is 0.101. The second-order valence-corrected chi connectivity index (χ2v) is 5.50. The van der Waals surface area contributed by atoms with Gasteiger partial charge in [-0.15, -0.1) is 11.3 Å². The number of thiophene rings is 1. The van der Waals surface area contributed by atoms with E-state index in [1.165, 1.54) is 11.3 Å². The molecule has 4 nitrogen and oxygen atoms in total. The Morgan fingerprint density at radius 2 is 2.11 bits per heavy atom. The molecule has 19 heavy (non-hydrogen) atoms. The van der Waals surface area contributed by atoms with Gasteiger partial charge in [-0.3, -0.25) is 4.79 Å². The summed E-state index contributed by atoms with van der Waals surface area (Å²) in [5.74, 6) is -0.136. The van der Waals surface area contributed by atoms with Gasteiger partial charge < -0.3 is 15.8 Å². The Kier molecular flexibility index (Phi) is 3.23. The van der Waals surface area contributed by atoms with E-state index in [1.807, 2.05) is 30.3 Å². The molecule has 0 unspecified atom stereocenters. The number of para-hydroxylation sites is 1. The third-order valence-electron chi connectivity index (χ3n) is 3.11. The molecular formula is C14H14N2O2S. The molecule has 0 atom stereocenters. The first kappa shape index (κ1) is 12.2. The molecule has 98 valence electrons. The number of amides is 1. The zero-order valence-corrected chi connectivity index (χ0v) is 11.1. The maximum Gasteiger partial charge on any atom is 0.258 e. The Hall–Kier alpha value is -1.85. The van der Waals surface area contributed by atoms with E-state index in [-0.39, 0.29) is 5.91 Å². The Balaban J connectivity index is 1.90. The van der Waals surface area contributed by atoms with Gasteiger partial charge in [0.05, 0.1) is 23.8 Å². The van der Waals surface area contributed by atoms with E-state index < -0.39 is 0 Å². The molecule has 0 saturated carbocycles. The molecule has 1 aliphatic rings. The summed E-state index contributed by atoms with van der Waals surface area (Å²) in [6.07, 6.45) is 0.751. The van der Waals surface area contributed by atoms with E-state index in [1.54, 1.807) is 0 Å². The van der Waals surface area contributed by atoms with Crippen molar-refractivity contribution in [1.29, 1.82) is 0 Å². The summed E-state index contributed by atoms with van der Waals surface area (Å²) in [4.78, 5) is 13.4. The molecule has 5 heteroatoms. The van der Waals surface area contributed by atoms with Crippen LogP contribution in [0.1, 0.15) is 20.8 Å². The Morgan fingerprint density at radius 3 is 2.89 bits per heavy atom. The van der Waals surface area contributed by atoms with E-state index in [4.69, 9.17) is 10.5 Å². The molecule has 3 rings (SSSR count). The van der Waals surface area contributed by atoms with Gasteiger partial charge in [0.2, 0.25) is 0 Å². The number of benzene rings is 1. The molecule has 2 heterocycles. The molecule has 1 aliphatic heterocycles. The van der Waals surface area contributed by atoms with Crippen molar-refractivity contribution in [2.45, 2.75) is 13.0 Å². The smallest absolute Gasteiger partial charge is 0.258 e. The van der Waals surface area contributed by atoms with Crippen LogP contribution < -0.4 is 11.1 Å². The van der Waals surface area contributed by atoms with Crippen LogP contribution in [0.3, 0.4) is 0 Å². The summed E-state index contributed by atoms with van der Waals surface area (Å²) in [6, 6.07) is 9.39. The predicted molar refractivity (Wildman–Crippen MR) is 76.5 cm³/mol. The number of rotatable bonds is 2. The molecule has 0 radical (unpaired) electrons. The van der Waals surface area contributed by atoms with Crippen LogP contribution in [0.15, 0.2) is 30.3 Å². The van der Waals surface area contributed by atoms with Gasteiger partial charge in [0, 0.05) is 10.6 Å². The van der Waals surface area contributed by atoms with Crippen LogP contribution in [0.5, 0.6) is 0 Å². The minimum atomic E-state index is -0.136. The second kappa shape index (κ2) is 5.03. The minimum absolute atomic E-state index is 0.136. The van der Waals surface area contributed by atoms with E-state index in [0.29, 0.717) is 23.8 Å². The van der Waals surface area contributed by atoms with E-state index in [2.05, 4.69) is 5.32 Å². The number of nitrogens with one attached hydrogen (secondary N) is 1. The maximum absolute atomic E-state index is 12.3. The molecule has 0 aliphatic carbocycles. The average Bonchev–Trinajstić information content (AvgIpc) is 2.75. The number of carbonyl (C=O) groups excluding carboxylic acids is 1. The fourth-order valence-electron chi connectivity index (χ4n) is 2.22. The summed E-state index contributed by atoms with van der Waals surface area (Å²) in [6.45, 7) is 1.21. The highest BCUT2D eigenvalue weighted by Crippen LogP contribution is 2.34. The predicted octanol–water partition coefficient (Wildman–Crippen LogP) is 2.66. The zero-order chi connectivity index (χ0) is 13.2. The fraction of sp³-hybridized carbons (Fsp3) is 0.214. The quantitative estimate of drug-likeness (QED) is 0.885. The van der Waals surface area contributed by atoms with E-state index in [9.17, 15) is 4.79 Å². The molecule has 1 aromatic heterocycles. The summed E-state index contributed by atoms with van der Waals surface area (Å²) in [5, 5.41) is 3.46. The number of hydrogen-bond acceptors (Lipinski definition) is 4. The summed E-state index contributed by atoms with van der Waals surface area (Å²) < 4.78 is 5.39. The van der Waals surface area contributed by atoms with Gasteiger partial charge in [-0.25, -0.2) is 0 Å². The van der Waals surface area contributed by atoms with Gasteiger partial charge in [-0.05, 0) is 24.1 Å². The topological polar surface area (TPSA) is 64.4 Å². The Labute approximate surface area is 115 Å². The van der Waals surface area contributed by atoms with Gasteiger partial charge in [-0.2, -0.15) is 0 Å². The molecule has 0 spiro atoms. The van der Waals surface area contributed by atoms with Crippen molar-refractivity contribution in [3.05, 3.63) is 46.3 Å². The van der Waals surface area contributed by atoms with Crippen LogP contribution in [-0.4, -0.2) is 12.5 Å². The summed E-state index contributed by atoms with van der Waals surface area (Å²) in [5.41, 5.74) is 8.42. The van der Waals surface area contributed by atoms with E-state index >= 15 is 0 Å². The lowest BCUT2D eigenvalue weighted by atomic mass is 10.1. The van der Waals surface area contributed by atoms with Gasteiger partial charge >= 0.3 is 0 Å². The fourth-order valence-corrected chi connectivity index (χ4v) is 3.27. The summed E-state index contributed by atoms with van der Waals surface area (Å²) >= 11 is 1.45. The highest BCUT2D eigenvalue weighted by atomic mass is 32.1. The van der Waals surface area contributed by atoms with Crippen LogP contribution in [-0.2, 0) is 17.8 Å². The molecule has 3 N–H and O–H groups in total. The number of nitrogen functional groups attached to an aromatic ring is 1. The van der Waals surface area contributed by atoms with Crippen molar-refractivity contribution in [3.8, 4) is 0 Å². The lowest BCUT2D eigenvalue weighted by Crippen LogP contribution is -2.17. The lowest BCUT2D eigenvalue weighted by Gasteiger charge is -2.13. The largest absolute Gasteiger partial charge is 0.390 e. The third kappa shape index (κ3) is 2.34. The van der Waals surface area contributed by atoms with Gasteiger partial charge in [0.15, 0.2) is 0 Å². The molecular weight excluding hydrogens is 260 g/mol. The first-order valence-corrected chi connectivity index (χ1v) is 6.91. The van der Waals surface area contributed by atoms with Crippen molar-refractivity contribution < 1.29 is 9.53 Å². The maximum atomic E-state index is 12.3. The normalized spacial score (nSPS) is 13.9. The van der Waals surface area contributed by atoms with Gasteiger partial charge in [0.1, 0.15) is 0 Å². The van der Waals surface area contributed by atoms with Crippen molar-refractivity contribution in [3.63, 3.8) is 0 Å². The highest BCUT2D eigenvalue weighted by molar-refractivity contribution is 7.16. The van der Waals surface area contributed by atoms with Crippen LogP contribution in [0.4, 0.5) is 10.7 Å². The number of carbonyl (C=O) groups is 1. The zero-order valence-electron chi connectivity index (χ0n) is 10.3.